The van der Waals surface area contributed by atoms with Crippen LogP contribution in [0.4, 0.5) is 5.69 Å². The zero-order chi connectivity index (χ0) is 12.3. The van der Waals surface area contributed by atoms with Crippen LogP contribution >= 0.6 is 0 Å². The van der Waals surface area contributed by atoms with Gasteiger partial charge in [0, 0.05) is 25.0 Å². The third kappa shape index (κ3) is 2.60. The summed E-state index contributed by atoms with van der Waals surface area (Å²) in [6, 6.07) is 4.70. The van der Waals surface area contributed by atoms with Crippen molar-refractivity contribution in [3.8, 4) is 5.75 Å². The molecular weight excluding hydrogens is 222 g/mol. The van der Waals surface area contributed by atoms with Gasteiger partial charge in [0.15, 0.2) is 0 Å². The second-order valence-electron chi connectivity index (χ2n) is 3.53. The van der Waals surface area contributed by atoms with E-state index in [1.807, 2.05) is 4.57 Å². The van der Waals surface area contributed by atoms with E-state index in [4.69, 9.17) is 4.74 Å². The molecule has 0 radical (unpaired) electrons. The van der Waals surface area contributed by atoms with Crippen molar-refractivity contribution in [1.82, 2.24) is 9.55 Å². The molecule has 0 aliphatic rings. The molecular formula is C11H11N3O3. The van der Waals surface area contributed by atoms with Crippen LogP contribution in [-0.4, -0.2) is 21.6 Å². The Labute approximate surface area is 97.6 Å². The van der Waals surface area contributed by atoms with Gasteiger partial charge in [-0.3, -0.25) is 10.1 Å². The van der Waals surface area contributed by atoms with Gasteiger partial charge in [-0.25, -0.2) is 4.98 Å². The standard InChI is InChI=1S/C11H11N3O3/c1-17-11-5-9(4-10(6-11)14(15)16)7-13-3-2-12-8-13/h2-6,8H,7H2,1H3. The summed E-state index contributed by atoms with van der Waals surface area (Å²) in [6.07, 6.45) is 5.12. The van der Waals surface area contributed by atoms with E-state index >= 15 is 0 Å². The van der Waals surface area contributed by atoms with Crippen LogP contribution in [0.5, 0.6) is 5.75 Å². The molecule has 0 fully saturated rings. The predicted molar refractivity (Wildman–Crippen MR) is 61.0 cm³/mol. The maximum absolute atomic E-state index is 10.8. The number of nitro groups is 1. The Morgan fingerprint density at radius 2 is 2.29 bits per heavy atom. The van der Waals surface area contributed by atoms with Crippen LogP contribution in [-0.2, 0) is 6.54 Å². The van der Waals surface area contributed by atoms with Gasteiger partial charge in [0.2, 0.25) is 0 Å². The van der Waals surface area contributed by atoms with E-state index in [1.54, 1.807) is 24.8 Å². The maximum Gasteiger partial charge on any atom is 0.273 e. The fourth-order valence-corrected chi connectivity index (χ4v) is 1.55. The first kappa shape index (κ1) is 11.1. The van der Waals surface area contributed by atoms with Gasteiger partial charge in [0.05, 0.1) is 24.4 Å². The quantitative estimate of drug-likeness (QED) is 0.596. The lowest BCUT2D eigenvalue weighted by Gasteiger charge is -2.05. The van der Waals surface area contributed by atoms with E-state index in [9.17, 15) is 10.1 Å². The largest absolute Gasteiger partial charge is 0.496 e. The van der Waals surface area contributed by atoms with Crippen LogP contribution in [0.2, 0.25) is 0 Å². The monoisotopic (exact) mass is 233 g/mol. The average molecular weight is 233 g/mol. The summed E-state index contributed by atoms with van der Waals surface area (Å²) in [5, 5.41) is 10.8. The van der Waals surface area contributed by atoms with Crippen LogP contribution in [0.25, 0.3) is 0 Å². The molecule has 88 valence electrons. The van der Waals surface area contributed by atoms with Crippen LogP contribution in [0.15, 0.2) is 36.9 Å². The summed E-state index contributed by atoms with van der Waals surface area (Å²) in [5.41, 5.74) is 0.827. The first-order chi connectivity index (χ1) is 8.19. The highest BCUT2D eigenvalue weighted by Crippen LogP contribution is 2.23. The molecule has 0 bridgehead atoms. The van der Waals surface area contributed by atoms with Crippen molar-refractivity contribution in [2.75, 3.05) is 7.11 Å². The molecule has 0 saturated heterocycles. The number of nitrogens with zero attached hydrogens (tertiary/aromatic N) is 3. The minimum absolute atomic E-state index is 0.0273. The molecule has 0 unspecified atom stereocenters. The number of hydrogen-bond donors (Lipinski definition) is 0. The third-order valence-electron chi connectivity index (χ3n) is 2.32. The molecule has 0 amide bonds. The number of imidazole rings is 1. The summed E-state index contributed by atoms with van der Waals surface area (Å²) in [6.45, 7) is 0.526. The van der Waals surface area contributed by atoms with Crippen LogP contribution in [0.3, 0.4) is 0 Å². The number of non-ortho nitro benzene ring substituents is 1. The molecule has 1 aromatic heterocycles. The number of methoxy groups -OCH3 is 1. The van der Waals surface area contributed by atoms with Gasteiger partial charge >= 0.3 is 0 Å². The van der Waals surface area contributed by atoms with Crippen molar-refractivity contribution >= 4 is 5.69 Å². The lowest BCUT2D eigenvalue weighted by Crippen LogP contribution is -1.99. The number of aromatic nitrogens is 2. The van der Waals surface area contributed by atoms with E-state index in [1.165, 1.54) is 19.2 Å². The first-order valence-electron chi connectivity index (χ1n) is 4.97. The highest BCUT2D eigenvalue weighted by molar-refractivity contribution is 5.42. The molecule has 6 heteroatoms. The molecule has 0 aliphatic carbocycles. The molecule has 2 rings (SSSR count). The van der Waals surface area contributed by atoms with E-state index in [0.717, 1.165) is 5.56 Å². The van der Waals surface area contributed by atoms with Crippen LogP contribution in [0.1, 0.15) is 5.56 Å². The Balaban J connectivity index is 2.33. The molecule has 0 saturated carbocycles. The van der Waals surface area contributed by atoms with Crippen molar-refractivity contribution in [3.05, 3.63) is 52.6 Å². The smallest absolute Gasteiger partial charge is 0.273 e. The number of benzene rings is 1. The molecule has 2 aromatic rings. The summed E-state index contributed by atoms with van der Waals surface area (Å²) in [5.74, 6) is 0.481. The number of ether oxygens (including phenoxy) is 1. The minimum Gasteiger partial charge on any atom is -0.496 e. The van der Waals surface area contributed by atoms with E-state index in [-0.39, 0.29) is 5.69 Å². The van der Waals surface area contributed by atoms with Gasteiger partial charge in [-0.2, -0.15) is 0 Å². The predicted octanol–water partition coefficient (Wildman–Crippen LogP) is 1.85. The average Bonchev–Trinajstić information content (AvgIpc) is 2.81. The van der Waals surface area contributed by atoms with Crippen LogP contribution in [0, 0.1) is 10.1 Å². The molecule has 0 atom stereocenters. The number of rotatable bonds is 4. The zero-order valence-electron chi connectivity index (χ0n) is 9.24. The summed E-state index contributed by atoms with van der Waals surface area (Å²) in [4.78, 5) is 14.2. The van der Waals surface area contributed by atoms with Gasteiger partial charge in [-0.1, -0.05) is 0 Å². The van der Waals surface area contributed by atoms with Crippen LogP contribution < -0.4 is 4.74 Å². The maximum atomic E-state index is 10.8. The fraction of sp³-hybridized carbons (Fsp3) is 0.182. The molecule has 1 aromatic carbocycles. The molecule has 0 spiro atoms. The Morgan fingerprint density at radius 3 is 2.88 bits per heavy atom. The van der Waals surface area contributed by atoms with Gasteiger partial charge < -0.3 is 9.30 Å². The third-order valence-corrected chi connectivity index (χ3v) is 2.32. The number of nitro benzene ring substituents is 1. The highest BCUT2D eigenvalue weighted by Gasteiger charge is 2.10. The van der Waals surface area contributed by atoms with E-state index < -0.39 is 4.92 Å². The second-order valence-corrected chi connectivity index (χ2v) is 3.53. The summed E-state index contributed by atoms with van der Waals surface area (Å²) < 4.78 is 6.87. The topological polar surface area (TPSA) is 70.2 Å². The van der Waals surface area contributed by atoms with Gasteiger partial charge in [-0.05, 0) is 11.6 Å². The van der Waals surface area contributed by atoms with E-state index in [2.05, 4.69) is 4.98 Å². The Hall–Kier alpha value is -2.37. The van der Waals surface area contributed by atoms with Crippen molar-refractivity contribution in [2.45, 2.75) is 6.54 Å². The van der Waals surface area contributed by atoms with Gasteiger partial charge in [0.1, 0.15) is 5.75 Å². The zero-order valence-corrected chi connectivity index (χ0v) is 9.24. The van der Waals surface area contributed by atoms with Crippen molar-refractivity contribution in [1.29, 1.82) is 0 Å². The summed E-state index contributed by atoms with van der Waals surface area (Å²) >= 11 is 0. The molecule has 6 nitrogen and oxygen atoms in total. The minimum atomic E-state index is -0.431. The van der Waals surface area contributed by atoms with Crippen molar-refractivity contribution < 1.29 is 9.66 Å². The Morgan fingerprint density at radius 1 is 1.47 bits per heavy atom. The second kappa shape index (κ2) is 4.65. The fourth-order valence-electron chi connectivity index (χ4n) is 1.55. The lowest BCUT2D eigenvalue weighted by molar-refractivity contribution is -0.385. The van der Waals surface area contributed by atoms with Gasteiger partial charge in [0.25, 0.3) is 5.69 Å². The lowest BCUT2D eigenvalue weighted by atomic mass is 10.2. The number of hydrogen-bond acceptors (Lipinski definition) is 4. The van der Waals surface area contributed by atoms with Crippen molar-refractivity contribution in [2.24, 2.45) is 0 Å². The molecule has 0 aliphatic heterocycles. The van der Waals surface area contributed by atoms with Crippen molar-refractivity contribution in [3.63, 3.8) is 0 Å². The Kier molecular flexibility index (Phi) is 3.04. The molecule has 1 heterocycles. The SMILES string of the molecule is COc1cc(Cn2ccnc2)cc([N+](=O)[O-])c1. The first-order valence-corrected chi connectivity index (χ1v) is 4.97. The molecule has 17 heavy (non-hydrogen) atoms. The highest BCUT2D eigenvalue weighted by atomic mass is 16.6. The summed E-state index contributed by atoms with van der Waals surface area (Å²) in [7, 11) is 1.49. The Bertz CT molecular complexity index is 523. The normalized spacial score (nSPS) is 10.2. The molecule has 0 N–H and O–H groups in total. The van der Waals surface area contributed by atoms with E-state index in [0.29, 0.717) is 12.3 Å². The van der Waals surface area contributed by atoms with Gasteiger partial charge in [-0.15, -0.1) is 0 Å².